The Kier molecular flexibility index (Phi) is 7.50. The number of aromatic nitrogens is 2. The number of benzene rings is 2. The molecule has 0 bridgehead atoms. The number of anilines is 1. The molecule has 10 heteroatoms. The summed E-state index contributed by atoms with van der Waals surface area (Å²) in [5, 5.41) is 3.27. The number of thioether (sulfide) groups is 1. The summed E-state index contributed by atoms with van der Waals surface area (Å²) >= 11 is 1.18. The highest BCUT2D eigenvalue weighted by atomic mass is 32.2. The van der Waals surface area contributed by atoms with Gasteiger partial charge in [0.2, 0.25) is 18.6 Å². The van der Waals surface area contributed by atoms with Crippen LogP contribution in [-0.4, -0.2) is 45.3 Å². The van der Waals surface area contributed by atoms with E-state index < -0.39 is 17.8 Å². The van der Waals surface area contributed by atoms with Crippen molar-refractivity contribution in [3.05, 3.63) is 71.3 Å². The van der Waals surface area contributed by atoms with Gasteiger partial charge in [-0.2, -0.15) is 0 Å². The first-order valence-electron chi connectivity index (χ1n) is 11.0. The summed E-state index contributed by atoms with van der Waals surface area (Å²) in [4.78, 5) is 36.4. The standard InChI is InChI=1S/C25H25FN4O4S/c1-15-10-16(2)28-25(27-15)35-13-23(31)30(12-18-6-4-5-7-20(18)26)17(3)24(32)29-19-8-9-21-22(11-19)34-14-33-21/h4-11,17H,12-14H2,1-3H3,(H,29,32)/t17-/m0/s1. The Hall–Kier alpha value is -3.66. The second kappa shape index (κ2) is 10.7. The summed E-state index contributed by atoms with van der Waals surface area (Å²) in [6, 6.07) is 12.2. The summed E-state index contributed by atoms with van der Waals surface area (Å²) in [6.45, 7) is 5.38. The molecule has 0 fully saturated rings. The van der Waals surface area contributed by atoms with Gasteiger partial charge in [0.25, 0.3) is 0 Å². The van der Waals surface area contributed by atoms with Gasteiger partial charge < -0.3 is 19.7 Å². The Bertz CT molecular complexity index is 1240. The average Bonchev–Trinajstić information content (AvgIpc) is 3.29. The highest BCUT2D eigenvalue weighted by Gasteiger charge is 2.28. The van der Waals surface area contributed by atoms with E-state index in [4.69, 9.17) is 9.47 Å². The van der Waals surface area contributed by atoms with Crippen LogP contribution in [0.2, 0.25) is 0 Å². The number of ether oxygens (including phenoxy) is 2. The predicted octanol–water partition coefficient (Wildman–Crippen LogP) is 4.11. The summed E-state index contributed by atoms with van der Waals surface area (Å²) < 4.78 is 25.1. The third kappa shape index (κ3) is 6.07. The molecule has 182 valence electrons. The third-order valence-corrected chi connectivity index (χ3v) is 6.22. The van der Waals surface area contributed by atoms with E-state index in [-0.39, 0.29) is 25.0 Å². The lowest BCUT2D eigenvalue weighted by Crippen LogP contribution is -2.46. The minimum atomic E-state index is -0.881. The first-order valence-corrected chi connectivity index (χ1v) is 12.0. The number of aryl methyl sites for hydroxylation is 2. The zero-order valence-electron chi connectivity index (χ0n) is 19.6. The topological polar surface area (TPSA) is 93.7 Å². The monoisotopic (exact) mass is 496 g/mol. The SMILES string of the molecule is Cc1cc(C)nc(SCC(=O)N(Cc2ccccc2F)[C@@H](C)C(=O)Nc2ccc3c(c2)OCO3)n1. The number of nitrogens with one attached hydrogen (secondary N) is 1. The van der Waals surface area contributed by atoms with Gasteiger partial charge in [0.15, 0.2) is 16.7 Å². The smallest absolute Gasteiger partial charge is 0.246 e. The average molecular weight is 497 g/mol. The van der Waals surface area contributed by atoms with Crippen molar-refractivity contribution in [2.75, 3.05) is 17.9 Å². The van der Waals surface area contributed by atoms with Crippen LogP contribution in [0.4, 0.5) is 10.1 Å². The van der Waals surface area contributed by atoms with Gasteiger partial charge in [-0.3, -0.25) is 9.59 Å². The molecule has 1 aliphatic heterocycles. The van der Waals surface area contributed by atoms with E-state index in [1.54, 1.807) is 43.3 Å². The molecule has 0 unspecified atom stereocenters. The number of hydrogen-bond donors (Lipinski definition) is 1. The Balaban J connectivity index is 1.51. The normalized spacial score (nSPS) is 12.8. The number of fused-ring (bicyclic) bond motifs is 1. The summed E-state index contributed by atoms with van der Waals surface area (Å²) in [6.07, 6.45) is 0. The molecule has 1 atom stereocenters. The van der Waals surface area contributed by atoms with E-state index in [9.17, 15) is 14.0 Å². The van der Waals surface area contributed by atoms with Crippen LogP contribution in [0, 0.1) is 19.7 Å². The number of carbonyl (C=O) groups excluding carboxylic acids is 2. The number of carbonyl (C=O) groups is 2. The van der Waals surface area contributed by atoms with Crippen molar-refractivity contribution in [1.82, 2.24) is 14.9 Å². The highest BCUT2D eigenvalue weighted by molar-refractivity contribution is 7.99. The summed E-state index contributed by atoms with van der Waals surface area (Å²) in [5.41, 5.74) is 2.41. The van der Waals surface area contributed by atoms with Crippen LogP contribution in [0.5, 0.6) is 11.5 Å². The van der Waals surface area contributed by atoms with Crippen LogP contribution in [0.1, 0.15) is 23.9 Å². The molecule has 2 heterocycles. The first kappa shape index (κ1) is 24.5. The fourth-order valence-electron chi connectivity index (χ4n) is 3.58. The van der Waals surface area contributed by atoms with Gasteiger partial charge in [-0.05, 0) is 45.0 Å². The minimum Gasteiger partial charge on any atom is -0.454 e. The zero-order chi connectivity index (χ0) is 24.9. The van der Waals surface area contributed by atoms with Gasteiger partial charge in [-0.25, -0.2) is 14.4 Å². The maximum atomic E-state index is 14.4. The number of hydrogen-bond acceptors (Lipinski definition) is 7. The third-order valence-electron chi connectivity index (χ3n) is 5.39. The van der Waals surface area contributed by atoms with Gasteiger partial charge >= 0.3 is 0 Å². The second-order valence-corrected chi connectivity index (χ2v) is 9.01. The molecule has 3 aromatic rings. The molecule has 1 aromatic heterocycles. The van der Waals surface area contributed by atoms with Gasteiger partial charge in [-0.15, -0.1) is 0 Å². The quantitative estimate of drug-likeness (QED) is 0.371. The van der Waals surface area contributed by atoms with Crippen LogP contribution < -0.4 is 14.8 Å². The summed E-state index contributed by atoms with van der Waals surface area (Å²) in [5.74, 6) is -0.0777. The van der Waals surface area contributed by atoms with Crippen LogP contribution in [-0.2, 0) is 16.1 Å². The zero-order valence-corrected chi connectivity index (χ0v) is 20.4. The van der Waals surface area contributed by atoms with E-state index in [1.807, 2.05) is 19.9 Å². The number of rotatable bonds is 8. The Morgan fingerprint density at radius 3 is 2.54 bits per heavy atom. The van der Waals surface area contributed by atoms with Crippen molar-refractivity contribution < 1.29 is 23.5 Å². The molecular weight excluding hydrogens is 471 g/mol. The van der Waals surface area contributed by atoms with Crippen molar-refractivity contribution in [3.63, 3.8) is 0 Å². The predicted molar refractivity (Wildman–Crippen MR) is 130 cm³/mol. The molecule has 1 N–H and O–H groups in total. The molecule has 35 heavy (non-hydrogen) atoms. The lowest BCUT2D eigenvalue weighted by Gasteiger charge is -2.28. The molecule has 2 aromatic carbocycles. The fraction of sp³-hybridized carbons (Fsp3) is 0.280. The van der Waals surface area contributed by atoms with E-state index >= 15 is 0 Å². The second-order valence-electron chi connectivity index (χ2n) is 8.07. The van der Waals surface area contributed by atoms with Crippen molar-refractivity contribution in [3.8, 4) is 11.5 Å². The molecule has 0 radical (unpaired) electrons. The summed E-state index contributed by atoms with van der Waals surface area (Å²) in [7, 11) is 0. The lowest BCUT2D eigenvalue weighted by molar-refractivity contribution is -0.136. The molecule has 4 rings (SSSR count). The van der Waals surface area contributed by atoms with Gasteiger partial charge in [0.05, 0.1) is 5.75 Å². The van der Waals surface area contributed by atoms with Crippen molar-refractivity contribution in [1.29, 1.82) is 0 Å². The van der Waals surface area contributed by atoms with E-state index in [0.717, 1.165) is 11.4 Å². The highest BCUT2D eigenvalue weighted by Crippen LogP contribution is 2.34. The minimum absolute atomic E-state index is 0.00100. The fourth-order valence-corrected chi connectivity index (χ4v) is 4.42. The number of amides is 2. The van der Waals surface area contributed by atoms with Crippen molar-refractivity contribution in [2.45, 2.75) is 38.5 Å². The molecular formula is C25H25FN4O4S. The lowest BCUT2D eigenvalue weighted by atomic mass is 10.1. The maximum Gasteiger partial charge on any atom is 0.246 e. The van der Waals surface area contributed by atoms with Gasteiger partial charge in [-0.1, -0.05) is 30.0 Å². The van der Waals surface area contributed by atoms with E-state index in [0.29, 0.717) is 27.9 Å². The van der Waals surface area contributed by atoms with Crippen LogP contribution in [0.15, 0.2) is 53.7 Å². The first-order chi connectivity index (χ1) is 16.8. The van der Waals surface area contributed by atoms with Crippen LogP contribution >= 0.6 is 11.8 Å². The van der Waals surface area contributed by atoms with Gasteiger partial charge in [0.1, 0.15) is 11.9 Å². The molecule has 0 aliphatic carbocycles. The van der Waals surface area contributed by atoms with Gasteiger partial charge in [0, 0.05) is 35.2 Å². The van der Waals surface area contributed by atoms with Crippen molar-refractivity contribution >= 4 is 29.3 Å². The van der Waals surface area contributed by atoms with Crippen molar-refractivity contribution in [2.24, 2.45) is 0 Å². The van der Waals surface area contributed by atoms with Crippen LogP contribution in [0.3, 0.4) is 0 Å². The van der Waals surface area contributed by atoms with E-state index in [2.05, 4.69) is 15.3 Å². The molecule has 8 nitrogen and oxygen atoms in total. The molecule has 0 saturated heterocycles. The maximum absolute atomic E-state index is 14.4. The van der Waals surface area contributed by atoms with E-state index in [1.165, 1.54) is 22.7 Å². The molecule has 2 amide bonds. The number of nitrogens with zero attached hydrogens (tertiary/aromatic N) is 3. The molecule has 0 spiro atoms. The Labute approximate surface area is 206 Å². The van der Waals surface area contributed by atoms with Crippen LogP contribution in [0.25, 0.3) is 0 Å². The largest absolute Gasteiger partial charge is 0.454 e. The molecule has 1 aliphatic rings. The Morgan fingerprint density at radius 2 is 1.80 bits per heavy atom. The Morgan fingerprint density at radius 1 is 1.09 bits per heavy atom. The molecule has 0 saturated carbocycles. The number of halogens is 1.